The highest BCUT2D eigenvalue weighted by molar-refractivity contribution is 6.34. The zero-order chi connectivity index (χ0) is 13.1. The molecule has 0 N–H and O–H groups in total. The van der Waals surface area contributed by atoms with Gasteiger partial charge in [0.2, 0.25) is 0 Å². The first-order valence-electron chi connectivity index (χ1n) is 5.83. The Bertz CT molecular complexity index is 516. The molecule has 2 aromatic rings. The lowest BCUT2D eigenvalue weighted by Crippen LogP contribution is -2.03. The number of aromatic nitrogens is 2. The van der Waals surface area contributed by atoms with Crippen LogP contribution in [-0.4, -0.2) is 9.97 Å². The minimum absolute atomic E-state index is 0.218. The summed E-state index contributed by atoms with van der Waals surface area (Å²) in [6.45, 7) is 4.04. The minimum Gasteiger partial charge on any atom is -0.220 e. The van der Waals surface area contributed by atoms with Gasteiger partial charge in [-0.05, 0) is 11.5 Å². The first-order valence-corrected chi connectivity index (χ1v) is 6.59. The van der Waals surface area contributed by atoms with Gasteiger partial charge in [0.25, 0.3) is 0 Å². The molecular weight excluding hydrogens is 267 g/mol. The van der Waals surface area contributed by atoms with Crippen LogP contribution in [0.2, 0.25) is 10.3 Å². The zero-order valence-electron chi connectivity index (χ0n) is 10.3. The highest BCUT2D eigenvalue weighted by Crippen LogP contribution is 2.28. The second-order valence-corrected chi connectivity index (χ2v) is 5.17. The van der Waals surface area contributed by atoms with E-state index in [9.17, 15) is 0 Å². The maximum absolute atomic E-state index is 6.16. The van der Waals surface area contributed by atoms with Crippen LogP contribution < -0.4 is 0 Å². The van der Waals surface area contributed by atoms with Crippen molar-refractivity contribution in [3.8, 4) is 0 Å². The van der Waals surface area contributed by atoms with Gasteiger partial charge in [0.1, 0.15) is 16.1 Å². The van der Waals surface area contributed by atoms with Gasteiger partial charge in [0.05, 0.1) is 0 Å². The van der Waals surface area contributed by atoms with Crippen molar-refractivity contribution in [3.05, 3.63) is 57.6 Å². The molecule has 2 rings (SSSR count). The molecule has 94 valence electrons. The van der Waals surface area contributed by atoms with Crippen molar-refractivity contribution in [3.63, 3.8) is 0 Å². The largest absolute Gasteiger partial charge is 0.220 e. The van der Waals surface area contributed by atoms with Crippen LogP contribution in [0.15, 0.2) is 30.3 Å². The fourth-order valence-corrected chi connectivity index (χ4v) is 2.65. The lowest BCUT2D eigenvalue weighted by molar-refractivity contribution is 0.830. The van der Waals surface area contributed by atoms with E-state index in [1.54, 1.807) is 0 Å². The first kappa shape index (κ1) is 13.3. The number of hydrogen-bond acceptors (Lipinski definition) is 2. The molecule has 4 heteroatoms. The molecule has 0 saturated heterocycles. The first-order chi connectivity index (χ1) is 8.58. The van der Waals surface area contributed by atoms with Gasteiger partial charge in [-0.1, -0.05) is 67.4 Å². The second kappa shape index (κ2) is 5.68. The third-order valence-electron chi connectivity index (χ3n) is 2.68. The van der Waals surface area contributed by atoms with Crippen molar-refractivity contribution in [1.29, 1.82) is 0 Å². The molecule has 0 saturated carbocycles. The summed E-state index contributed by atoms with van der Waals surface area (Å²) in [5.74, 6) is 0.872. The summed E-state index contributed by atoms with van der Waals surface area (Å²) in [5, 5.41) is 0.909. The molecule has 0 aliphatic heterocycles. The lowest BCUT2D eigenvalue weighted by Gasteiger charge is -2.10. The topological polar surface area (TPSA) is 25.8 Å². The zero-order valence-corrected chi connectivity index (χ0v) is 11.8. The van der Waals surface area contributed by atoms with Gasteiger partial charge < -0.3 is 0 Å². The molecule has 0 amide bonds. The van der Waals surface area contributed by atoms with Crippen LogP contribution >= 0.6 is 23.2 Å². The Morgan fingerprint density at radius 1 is 1.00 bits per heavy atom. The molecule has 0 aliphatic carbocycles. The van der Waals surface area contributed by atoms with Crippen LogP contribution in [0.1, 0.15) is 36.7 Å². The van der Waals surface area contributed by atoms with Crippen molar-refractivity contribution in [2.75, 3.05) is 0 Å². The van der Waals surface area contributed by atoms with Gasteiger partial charge in [-0.2, -0.15) is 0 Å². The smallest absolute Gasteiger partial charge is 0.137 e. The average molecular weight is 281 g/mol. The van der Waals surface area contributed by atoms with E-state index < -0.39 is 0 Å². The van der Waals surface area contributed by atoms with E-state index in [4.69, 9.17) is 23.2 Å². The Labute approximate surface area is 117 Å². The fourth-order valence-electron chi connectivity index (χ4n) is 1.79. The van der Waals surface area contributed by atoms with Gasteiger partial charge >= 0.3 is 0 Å². The SMILES string of the molecule is CC(C)c1c(Cl)nc(Cc2ccccc2)nc1Cl. The Morgan fingerprint density at radius 2 is 1.56 bits per heavy atom. The molecule has 0 fully saturated rings. The Kier molecular flexibility index (Phi) is 4.20. The maximum Gasteiger partial charge on any atom is 0.137 e. The van der Waals surface area contributed by atoms with Gasteiger partial charge in [-0.25, -0.2) is 9.97 Å². The molecule has 1 heterocycles. The molecule has 0 radical (unpaired) electrons. The lowest BCUT2D eigenvalue weighted by atomic mass is 10.1. The molecule has 18 heavy (non-hydrogen) atoms. The summed E-state index contributed by atoms with van der Waals surface area (Å²) in [6.07, 6.45) is 0.638. The number of halogens is 2. The van der Waals surface area contributed by atoms with Crippen LogP contribution in [0.3, 0.4) is 0 Å². The van der Waals surface area contributed by atoms with Crippen molar-refractivity contribution in [1.82, 2.24) is 9.97 Å². The number of benzene rings is 1. The molecule has 0 aliphatic rings. The highest BCUT2D eigenvalue weighted by Gasteiger charge is 2.14. The Morgan fingerprint density at radius 3 is 2.06 bits per heavy atom. The van der Waals surface area contributed by atoms with Gasteiger partial charge in [-0.3, -0.25) is 0 Å². The molecular formula is C14H14Cl2N2. The van der Waals surface area contributed by atoms with E-state index in [1.165, 1.54) is 0 Å². The Hall–Kier alpha value is -1.12. The van der Waals surface area contributed by atoms with Crippen LogP contribution in [0.4, 0.5) is 0 Å². The number of hydrogen-bond donors (Lipinski definition) is 0. The van der Waals surface area contributed by atoms with Crippen molar-refractivity contribution >= 4 is 23.2 Å². The average Bonchev–Trinajstić information content (AvgIpc) is 2.28. The standard InChI is InChI=1S/C14H14Cl2N2/c1-9(2)12-13(15)17-11(18-14(12)16)8-10-6-4-3-5-7-10/h3-7,9H,8H2,1-2H3. The molecule has 0 spiro atoms. The monoisotopic (exact) mass is 280 g/mol. The van der Waals surface area contributed by atoms with Crippen LogP contribution in [0.5, 0.6) is 0 Å². The number of rotatable bonds is 3. The molecule has 1 aromatic heterocycles. The predicted octanol–water partition coefficient (Wildman–Crippen LogP) is 4.50. The minimum atomic E-state index is 0.218. The van der Waals surface area contributed by atoms with E-state index in [0.717, 1.165) is 11.1 Å². The molecule has 0 bridgehead atoms. The summed E-state index contributed by atoms with van der Waals surface area (Å²) < 4.78 is 0. The summed E-state index contributed by atoms with van der Waals surface area (Å²) in [4.78, 5) is 8.64. The summed E-state index contributed by atoms with van der Waals surface area (Å²) in [6, 6.07) is 10.0. The van der Waals surface area contributed by atoms with Crippen molar-refractivity contribution < 1.29 is 0 Å². The molecule has 1 aromatic carbocycles. The summed E-state index contributed by atoms with van der Waals surface area (Å²) >= 11 is 12.3. The second-order valence-electron chi connectivity index (χ2n) is 4.45. The number of nitrogens with zero attached hydrogens (tertiary/aromatic N) is 2. The fraction of sp³-hybridized carbons (Fsp3) is 0.286. The Balaban J connectivity index is 2.31. The third-order valence-corrected chi connectivity index (χ3v) is 3.26. The molecule has 0 unspecified atom stereocenters. The van der Waals surface area contributed by atoms with E-state index in [0.29, 0.717) is 22.6 Å². The van der Waals surface area contributed by atoms with Gasteiger partial charge in [-0.15, -0.1) is 0 Å². The van der Waals surface area contributed by atoms with Crippen LogP contribution in [0.25, 0.3) is 0 Å². The molecule has 2 nitrogen and oxygen atoms in total. The van der Waals surface area contributed by atoms with Crippen LogP contribution in [0, 0.1) is 0 Å². The van der Waals surface area contributed by atoms with Gasteiger partial charge in [0, 0.05) is 12.0 Å². The maximum atomic E-state index is 6.16. The quantitative estimate of drug-likeness (QED) is 0.774. The summed E-state index contributed by atoms with van der Waals surface area (Å²) in [5.41, 5.74) is 1.96. The van der Waals surface area contributed by atoms with Gasteiger partial charge in [0.15, 0.2) is 0 Å². The van der Waals surface area contributed by atoms with E-state index in [1.807, 2.05) is 44.2 Å². The van der Waals surface area contributed by atoms with E-state index in [-0.39, 0.29) is 5.92 Å². The van der Waals surface area contributed by atoms with E-state index in [2.05, 4.69) is 9.97 Å². The summed E-state index contributed by atoms with van der Waals surface area (Å²) in [7, 11) is 0. The molecule has 0 atom stereocenters. The normalized spacial score (nSPS) is 10.9. The van der Waals surface area contributed by atoms with E-state index >= 15 is 0 Å². The highest BCUT2D eigenvalue weighted by atomic mass is 35.5. The van der Waals surface area contributed by atoms with Crippen molar-refractivity contribution in [2.24, 2.45) is 0 Å². The van der Waals surface area contributed by atoms with Crippen LogP contribution in [-0.2, 0) is 6.42 Å². The van der Waals surface area contributed by atoms with Crippen molar-refractivity contribution in [2.45, 2.75) is 26.2 Å². The third kappa shape index (κ3) is 3.01. The predicted molar refractivity (Wildman–Crippen MR) is 75.4 cm³/mol.